The van der Waals surface area contributed by atoms with E-state index in [1.807, 2.05) is 26.0 Å². The minimum Gasteiger partial charge on any atom is -0.481 e. The van der Waals surface area contributed by atoms with E-state index < -0.39 is 30.4 Å². The van der Waals surface area contributed by atoms with Crippen molar-refractivity contribution in [1.29, 1.82) is 0 Å². The van der Waals surface area contributed by atoms with Crippen molar-refractivity contribution in [2.75, 3.05) is 0 Å². The predicted molar refractivity (Wildman–Crippen MR) is 117 cm³/mol. The molecule has 31 heavy (non-hydrogen) atoms. The number of carboxylic acids is 1. The molecular formula is C23H36NaO7. The van der Waals surface area contributed by atoms with Crippen molar-refractivity contribution >= 4 is 41.5 Å². The van der Waals surface area contributed by atoms with Crippen LogP contribution in [0.3, 0.4) is 0 Å². The number of carboxylic acid groups (broad SMARTS) is 1. The zero-order valence-electron chi connectivity index (χ0n) is 19.1. The summed E-state index contributed by atoms with van der Waals surface area (Å²) in [5, 5.41) is 39.1. The fourth-order valence-electron chi connectivity index (χ4n) is 4.52. The van der Waals surface area contributed by atoms with Crippen LogP contribution in [0.4, 0.5) is 0 Å². The molecule has 0 aromatic heterocycles. The van der Waals surface area contributed by atoms with Gasteiger partial charge in [0.2, 0.25) is 0 Å². The Morgan fingerprint density at radius 1 is 1.26 bits per heavy atom. The zero-order chi connectivity index (χ0) is 22.4. The second kappa shape index (κ2) is 13.1. The summed E-state index contributed by atoms with van der Waals surface area (Å²) in [5.41, 5.74) is 0.958. The van der Waals surface area contributed by atoms with E-state index >= 15 is 0 Å². The maximum absolute atomic E-state index is 12.4. The van der Waals surface area contributed by atoms with Gasteiger partial charge < -0.3 is 25.2 Å². The molecule has 8 unspecified atom stereocenters. The quantitative estimate of drug-likeness (QED) is 0.298. The van der Waals surface area contributed by atoms with Gasteiger partial charge in [0, 0.05) is 41.9 Å². The van der Waals surface area contributed by atoms with Crippen LogP contribution in [0.15, 0.2) is 23.8 Å². The average Bonchev–Trinajstić information content (AvgIpc) is 2.65. The van der Waals surface area contributed by atoms with Crippen molar-refractivity contribution < 1.29 is 34.8 Å². The van der Waals surface area contributed by atoms with Gasteiger partial charge in [-0.05, 0) is 43.1 Å². The molecule has 0 aliphatic heterocycles. The van der Waals surface area contributed by atoms with Gasteiger partial charge in [0.1, 0.15) is 6.10 Å². The first-order chi connectivity index (χ1) is 14.1. The fraction of sp³-hybridized carbons (Fsp3) is 0.739. The number of hydrogen-bond acceptors (Lipinski definition) is 6. The van der Waals surface area contributed by atoms with Crippen LogP contribution in [-0.4, -0.2) is 86.3 Å². The number of allylic oxidation sites excluding steroid dienone is 2. The number of aliphatic hydroxyl groups is 3. The molecular weight excluding hydrogens is 411 g/mol. The van der Waals surface area contributed by atoms with E-state index in [1.165, 1.54) is 0 Å². The summed E-state index contributed by atoms with van der Waals surface area (Å²) < 4.78 is 5.84. The van der Waals surface area contributed by atoms with Crippen molar-refractivity contribution in [3.8, 4) is 0 Å². The van der Waals surface area contributed by atoms with Crippen LogP contribution in [0.1, 0.15) is 59.3 Å². The Hall–Kier alpha value is -0.700. The molecule has 0 aromatic carbocycles. The van der Waals surface area contributed by atoms with Gasteiger partial charge in [-0.2, -0.15) is 0 Å². The molecule has 7 nitrogen and oxygen atoms in total. The average molecular weight is 448 g/mol. The summed E-state index contributed by atoms with van der Waals surface area (Å²) in [6, 6.07) is 0. The maximum Gasteiger partial charge on any atom is 0.308 e. The molecule has 8 atom stereocenters. The van der Waals surface area contributed by atoms with Crippen molar-refractivity contribution in [2.45, 2.75) is 83.7 Å². The van der Waals surface area contributed by atoms with E-state index in [0.717, 1.165) is 5.57 Å². The SMILES string of the molecule is CCC(C)C(=O)OC1CC(O)C=C2C=CC(C)C(CCC(O)CC(O)CC(=O)O)C21.[Na]. The smallest absolute Gasteiger partial charge is 0.308 e. The Labute approximate surface area is 206 Å². The van der Waals surface area contributed by atoms with Gasteiger partial charge in [0.25, 0.3) is 0 Å². The molecule has 2 aliphatic rings. The molecule has 0 amide bonds. The van der Waals surface area contributed by atoms with E-state index in [2.05, 4.69) is 13.0 Å². The van der Waals surface area contributed by atoms with Gasteiger partial charge in [0.05, 0.1) is 30.7 Å². The van der Waals surface area contributed by atoms with Crippen molar-refractivity contribution in [3.63, 3.8) is 0 Å². The second-order valence-electron chi connectivity index (χ2n) is 8.88. The molecule has 0 fully saturated rings. The molecule has 0 saturated carbocycles. The first-order valence-electron chi connectivity index (χ1n) is 11.0. The van der Waals surface area contributed by atoms with Crippen molar-refractivity contribution in [2.24, 2.45) is 23.7 Å². The van der Waals surface area contributed by atoms with Crippen LogP contribution in [0.2, 0.25) is 0 Å². The number of aliphatic hydroxyl groups excluding tert-OH is 3. The summed E-state index contributed by atoms with van der Waals surface area (Å²) in [5.74, 6) is -1.31. The Kier molecular flexibility index (Phi) is 12.0. The number of carbonyl (C=O) groups excluding carboxylic acids is 1. The van der Waals surface area contributed by atoms with Gasteiger partial charge >= 0.3 is 11.9 Å². The van der Waals surface area contributed by atoms with Gasteiger partial charge in [0.15, 0.2) is 0 Å². The molecule has 0 aromatic rings. The van der Waals surface area contributed by atoms with Gasteiger partial charge in [-0.15, -0.1) is 0 Å². The summed E-state index contributed by atoms with van der Waals surface area (Å²) in [7, 11) is 0. The minimum absolute atomic E-state index is 0. The number of ether oxygens (including phenoxy) is 1. The van der Waals surface area contributed by atoms with Crippen molar-refractivity contribution in [3.05, 3.63) is 23.8 Å². The molecule has 2 rings (SSSR count). The maximum atomic E-state index is 12.4. The van der Waals surface area contributed by atoms with Gasteiger partial charge in [-0.1, -0.05) is 39.0 Å². The van der Waals surface area contributed by atoms with E-state index in [1.54, 1.807) is 0 Å². The largest absolute Gasteiger partial charge is 0.481 e. The van der Waals surface area contributed by atoms with Gasteiger partial charge in [-0.3, -0.25) is 9.59 Å². The topological polar surface area (TPSA) is 124 Å². The summed E-state index contributed by atoms with van der Waals surface area (Å²) in [6.45, 7) is 5.85. The van der Waals surface area contributed by atoms with E-state index in [0.29, 0.717) is 25.7 Å². The number of fused-ring (bicyclic) bond motifs is 1. The van der Waals surface area contributed by atoms with E-state index in [-0.39, 0.29) is 72.0 Å². The summed E-state index contributed by atoms with van der Waals surface area (Å²) in [6.07, 6.45) is 4.64. The second-order valence-corrected chi connectivity index (χ2v) is 8.88. The number of rotatable bonds is 10. The molecule has 171 valence electrons. The summed E-state index contributed by atoms with van der Waals surface area (Å²) >= 11 is 0. The molecule has 4 N–H and O–H groups in total. The zero-order valence-corrected chi connectivity index (χ0v) is 21.1. The number of aliphatic carboxylic acids is 1. The van der Waals surface area contributed by atoms with Gasteiger partial charge in [-0.25, -0.2) is 0 Å². The van der Waals surface area contributed by atoms with Crippen LogP contribution >= 0.6 is 0 Å². The Morgan fingerprint density at radius 2 is 1.94 bits per heavy atom. The Bertz CT molecular complexity index is 662. The number of hydrogen-bond donors (Lipinski definition) is 4. The van der Waals surface area contributed by atoms with E-state index in [9.17, 15) is 24.9 Å². The monoisotopic (exact) mass is 447 g/mol. The molecule has 0 saturated heterocycles. The third kappa shape index (κ3) is 8.30. The molecule has 2 aliphatic carbocycles. The third-order valence-electron chi connectivity index (χ3n) is 6.44. The van der Waals surface area contributed by atoms with Crippen LogP contribution in [0.25, 0.3) is 0 Å². The first kappa shape index (κ1) is 28.3. The van der Waals surface area contributed by atoms with Crippen LogP contribution < -0.4 is 0 Å². The molecule has 1 radical (unpaired) electrons. The number of carbonyl (C=O) groups is 2. The molecule has 0 spiro atoms. The van der Waals surface area contributed by atoms with Crippen LogP contribution in [0.5, 0.6) is 0 Å². The normalized spacial score (nSPS) is 30.3. The first-order valence-corrected chi connectivity index (χ1v) is 11.0. The van der Waals surface area contributed by atoms with Crippen LogP contribution in [-0.2, 0) is 14.3 Å². The third-order valence-corrected chi connectivity index (χ3v) is 6.44. The standard InChI is InChI=1S/C23H36O7.Na/c1-4-13(2)23(29)30-20-11-17(25)9-15-6-5-14(3)19(22(15)20)8-7-16(24)10-18(26)12-21(27)28;/h5-6,9,13-14,16-20,22,24-26H,4,7-8,10-12H2,1-3H3,(H,27,28);. The molecule has 0 bridgehead atoms. The minimum atomic E-state index is -1.10. The molecule has 0 heterocycles. The van der Waals surface area contributed by atoms with Crippen LogP contribution in [0, 0.1) is 23.7 Å². The molecule has 8 heteroatoms. The predicted octanol–water partition coefficient (Wildman–Crippen LogP) is 2.06. The summed E-state index contributed by atoms with van der Waals surface area (Å²) in [4.78, 5) is 23.1. The fourth-order valence-corrected chi connectivity index (χ4v) is 4.52. The Balaban J connectivity index is 0.00000480. The number of esters is 1. The van der Waals surface area contributed by atoms with Crippen molar-refractivity contribution in [1.82, 2.24) is 0 Å². The Morgan fingerprint density at radius 3 is 2.55 bits per heavy atom. The van der Waals surface area contributed by atoms with E-state index in [4.69, 9.17) is 9.84 Å².